The Morgan fingerprint density at radius 2 is 2.43 bits per heavy atom. The summed E-state index contributed by atoms with van der Waals surface area (Å²) < 4.78 is 9.98. The molecule has 0 aromatic rings. The lowest BCUT2D eigenvalue weighted by Crippen LogP contribution is -2.43. The number of likely N-dealkylation sites (tertiary alicyclic amines) is 1. The number of carbonyl (C=O) groups excluding carboxylic acids is 1. The van der Waals surface area contributed by atoms with E-state index in [0.717, 1.165) is 19.4 Å². The minimum absolute atomic E-state index is 0.0225. The van der Waals surface area contributed by atoms with Gasteiger partial charge in [-0.2, -0.15) is 0 Å². The highest BCUT2D eigenvalue weighted by Crippen LogP contribution is 2.13. The van der Waals surface area contributed by atoms with Gasteiger partial charge in [0.15, 0.2) is 0 Å². The van der Waals surface area contributed by atoms with Gasteiger partial charge in [0, 0.05) is 6.54 Å². The van der Waals surface area contributed by atoms with Crippen LogP contribution in [0.3, 0.4) is 0 Å². The second kappa shape index (κ2) is 5.82. The van der Waals surface area contributed by atoms with E-state index in [1.54, 1.807) is 4.90 Å². The summed E-state index contributed by atoms with van der Waals surface area (Å²) in [5, 5.41) is 8.59. The van der Waals surface area contributed by atoms with Gasteiger partial charge >= 0.3 is 6.09 Å². The Labute approximate surface area is 83.6 Å². The number of piperidine rings is 1. The lowest BCUT2D eigenvalue weighted by molar-refractivity contribution is -0.0126. The van der Waals surface area contributed by atoms with Gasteiger partial charge in [-0.05, 0) is 12.8 Å². The quantitative estimate of drug-likeness (QED) is 0.713. The Balaban J connectivity index is 2.31. The minimum Gasteiger partial charge on any atom is -0.453 e. The zero-order valence-electron chi connectivity index (χ0n) is 8.44. The van der Waals surface area contributed by atoms with Gasteiger partial charge in [-0.3, -0.25) is 0 Å². The van der Waals surface area contributed by atoms with Crippen molar-refractivity contribution in [1.29, 1.82) is 0 Å². The standard InChI is InChI=1S/C9H17NO4/c1-13-9(12)10-4-2-3-8(7-10)14-6-5-11/h8,11H,2-7H2,1H3. The van der Waals surface area contributed by atoms with Crippen molar-refractivity contribution in [2.45, 2.75) is 18.9 Å². The number of nitrogens with zero attached hydrogens (tertiary/aromatic N) is 1. The molecule has 0 aromatic carbocycles. The number of amides is 1. The monoisotopic (exact) mass is 203 g/mol. The molecule has 1 N–H and O–H groups in total. The number of carbonyl (C=O) groups is 1. The molecule has 14 heavy (non-hydrogen) atoms. The highest BCUT2D eigenvalue weighted by molar-refractivity contribution is 5.67. The number of hydrogen-bond donors (Lipinski definition) is 1. The van der Waals surface area contributed by atoms with Crippen molar-refractivity contribution >= 4 is 6.09 Å². The maximum atomic E-state index is 11.2. The van der Waals surface area contributed by atoms with Crippen LogP contribution in [0.2, 0.25) is 0 Å². The number of ether oxygens (including phenoxy) is 2. The van der Waals surface area contributed by atoms with Crippen molar-refractivity contribution in [2.75, 3.05) is 33.4 Å². The third kappa shape index (κ3) is 3.16. The highest BCUT2D eigenvalue weighted by Gasteiger charge is 2.24. The zero-order valence-corrected chi connectivity index (χ0v) is 8.44. The summed E-state index contributed by atoms with van der Waals surface area (Å²) in [4.78, 5) is 12.8. The van der Waals surface area contributed by atoms with Gasteiger partial charge in [-0.25, -0.2) is 4.79 Å². The molecule has 1 heterocycles. The van der Waals surface area contributed by atoms with Crippen molar-refractivity contribution in [1.82, 2.24) is 4.90 Å². The van der Waals surface area contributed by atoms with E-state index in [1.807, 2.05) is 0 Å². The van der Waals surface area contributed by atoms with Crippen LogP contribution in [0.25, 0.3) is 0 Å². The SMILES string of the molecule is COC(=O)N1CCCC(OCCO)C1. The van der Waals surface area contributed by atoms with Gasteiger partial charge in [-0.1, -0.05) is 0 Å². The van der Waals surface area contributed by atoms with E-state index in [4.69, 9.17) is 9.84 Å². The predicted molar refractivity (Wildman–Crippen MR) is 50.0 cm³/mol. The van der Waals surface area contributed by atoms with Crippen LogP contribution in [0.1, 0.15) is 12.8 Å². The molecule has 0 aromatic heterocycles. The van der Waals surface area contributed by atoms with Crippen LogP contribution in [0.5, 0.6) is 0 Å². The van der Waals surface area contributed by atoms with Gasteiger partial charge in [-0.15, -0.1) is 0 Å². The second-order valence-electron chi connectivity index (χ2n) is 3.27. The Morgan fingerprint density at radius 1 is 1.64 bits per heavy atom. The van der Waals surface area contributed by atoms with Gasteiger partial charge < -0.3 is 19.5 Å². The summed E-state index contributed by atoms with van der Waals surface area (Å²) in [5.41, 5.74) is 0. The van der Waals surface area contributed by atoms with Crippen molar-refractivity contribution in [2.24, 2.45) is 0 Å². The molecule has 1 atom stereocenters. The molecule has 1 amide bonds. The van der Waals surface area contributed by atoms with E-state index in [1.165, 1.54) is 7.11 Å². The Hall–Kier alpha value is -0.810. The first-order valence-electron chi connectivity index (χ1n) is 4.83. The molecule has 1 aliphatic rings. The molecule has 0 radical (unpaired) electrons. The molecular formula is C9H17NO4. The largest absolute Gasteiger partial charge is 0.453 e. The average molecular weight is 203 g/mol. The van der Waals surface area contributed by atoms with Gasteiger partial charge in [0.1, 0.15) is 0 Å². The van der Waals surface area contributed by atoms with Crippen molar-refractivity contribution < 1.29 is 19.4 Å². The molecule has 1 aliphatic heterocycles. The zero-order chi connectivity index (χ0) is 10.4. The van der Waals surface area contributed by atoms with Gasteiger partial charge in [0.05, 0.1) is 33.0 Å². The molecular weight excluding hydrogens is 186 g/mol. The summed E-state index contributed by atoms with van der Waals surface area (Å²) >= 11 is 0. The third-order valence-corrected chi connectivity index (χ3v) is 2.26. The maximum Gasteiger partial charge on any atom is 0.409 e. The van der Waals surface area contributed by atoms with E-state index in [9.17, 15) is 4.79 Å². The minimum atomic E-state index is -0.303. The smallest absolute Gasteiger partial charge is 0.409 e. The molecule has 5 heteroatoms. The first kappa shape index (κ1) is 11.3. The molecule has 0 bridgehead atoms. The van der Waals surface area contributed by atoms with Crippen molar-refractivity contribution in [3.8, 4) is 0 Å². The third-order valence-electron chi connectivity index (χ3n) is 2.26. The molecule has 5 nitrogen and oxygen atoms in total. The van der Waals surface area contributed by atoms with Crippen LogP contribution in [-0.2, 0) is 9.47 Å². The predicted octanol–water partition coefficient (Wildman–Crippen LogP) is 0.226. The number of hydrogen-bond acceptors (Lipinski definition) is 4. The second-order valence-corrected chi connectivity index (χ2v) is 3.27. The molecule has 82 valence electrons. The highest BCUT2D eigenvalue weighted by atomic mass is 16.5. The normalized spacial score (nSPS) is 22.1. The van der Waals surface area contributed by atoms with Gasteiger partial charge in [0.2, 0.25) is 0 Å². The number of aliphatic hydroxyl groups is 1. The Morgan fingerprint density at radius 3 is 3.07 bits per heavy atom. The van der Waals surface area contributed by atoms with E-state index in [0.29, 0.717) is 13.2 Å². The lowest BCUT2D eigenvalue weighted by Gasteiger charge is -2.31. The van der Waals surface area contributed by atoms with E-state index < -0.39 is 0 Å². The van der Waals surface area contributed by atoms with Crippen LogP contribution < -0.4 is 0 Å². The number of methoxy groups -OCH3 is 1. The first-order chi connectivity index (χ1) is 6.77. The summed E-state index contributed by atoms with van der Waals surface area (Å²) in [5.74, 6) is 0. The van der Waals surface area contributed by atoms with Crippen LogP contribution in [0.4, 0.5) is 4.79 Å². The van der Waals surface area contributed by atoms with Gasteiger partial charge in [0.25, 0.3) is 0 Å². The van der Waals surface area contributed by atoms with E-state index >= 15 is 0 Å². The van der Waals surface area contributed by atoms with Crippen LogP contribution in [0.15, 0.2) is 0 Å². The fraction of sp³-hybridized carbons (Fsp3) is 0.889. The summed E-state index contributed by atoms with van der Waals surface area (Å²) in [7, 11) is 1.38. The number of aliphatic hydroxyl groups excluding tert-OH is 1. The van der Waals surface area contributed by atoms with Crippen molar-refractivity contribution in [3.63, 3.8) is 0 Å². The first-order valence-corrected chi connectivity index (χ1v) is 4.83. The maximum absolute atomic E-state index is 11.2. The van der Waals surface area contributed by atoms with Crippen molar-refractivity contribution in [3.05, 3.63) is 0 Å². The molecule has 0 spiro atoms. The van der Waals surface area contributed by atoms with Crippen LogP contribution in [-0.4, -0.2) is 55.6 Å². The molecule has 1 saturated heterocycles. The Bertz CT molecular complexity index is 186. The molecule has 1 rings (SSSR count). The topological polar surface area (TPSA) is 59.0 Å². The Kier molecular flexibility index (Phi) is 4.69. The lowest BCUT2D eigenvalue weighted by atomic mass is 10.1. The fourth-order valence-corrected chi connectivity index (χ4v) is 1.59. The average Bonchev–Trinajstić information content (AvgIpc) is 2.25. The number of rotatable bonds is 3. The molecule has 1 unspecified atom stereocenters. The van der Waals surface area contributed by atoms with E-state index in [-0.39, 0.29) is 18.8 Å². The molecule has 0 aliphatic carbocycles. The van der Waals surface area contributed by atoms with Crippen LogP contribution >= 0.6 is 0 Å². The fourth-order valence-electron chi connectivity index (χ4n) is 1.59. The summed E-state index contributed by atoms with van der Waals surface area (Å²) in [6.07, 6.45) is 1.59. The summed E-state index contributed by atoms with van der Waals surface area (Å²) in [6, 6.07) is 0. The molecule has 1 fully saturated rings. The summed E-state index contributed by atoms with van der Waals surface area (Å²) in [6.45, 7) is 1.65. The van der Waals surface area contributed by atoms with E-state index in [2.05, 4.69) is 4.74 Å². The molecule has 0 saturated carbocycles. The van der Waals surface area contributed by atoms with Crippen LogP contribution in [0, 0.1) is 0 Å².